The average Bonchev–Trinajstić information content (AvgIpc) is 2.55. The Bertz CT molecular complexity index is 678. The summed E-state index contributed by atoms with van der Waals surface area (Å²) in [5.74, 6) is -0.770. The second-order valence-electron chi connectivity index (χ2n) is 5.58. The van der Waals surface area contributed by atoms with Gasteiger partial charge in [-0.2, -0.15) is 0 Å². The van der Waals surface area contributed by atoms with Gasteiger partial charge in [-0.05, 0) is 43.5 Å². The molecule has 6 nitrogen and oxygen atoms in total. The van der Waals surface area contributed by atoms with Crippen LogP contribution in [0.15, 0.2) is 23.1 Å². The Morgan fingerprint density at radius 1 is 1.48 bits per heavy atom. The van der Waals surface area contributed by atoms with E-state index in [1.807, 2.05) is 0 Å². The minimum Gasteiger partial charge on any atom is -0.380 e. The van der Waals surface area contributed by atoms with Crippen LogP contribution in [-0.2, 0) is 19.6 Å². The molecule has 0 aliphatic carbocycles. The maximum Gasteiger partial charge on any atom is 0.241 e. The fraction of sp³-hybridized carbons (Fsp3) is 0.533. The van der Waals surface area contributed by atoms with Crippen LogP contribution >= 0.6 is 0 Å². The number of ether oxygens (including phenoxy) is 1. The molecule has 1 aliphatic rings. The van der Waals surface area contributed by atoms with E-state index in [1.165, 1.54) is 19.1 Å². The first-order valence-corrected chi connectivity index (χ1v) is 8.88. The largest absolute Gasteiger partial charge is 0.380 e. The fourth-order valence-electron chi connectivity index (χ4n) is 2.49. The van der Waals surface area contributed by atoms with Crippen LogP contribution in [0.4, 0.5) is 4.39 Å². The van der Waals surface area contributed by atoms with Gasteiger partial charge < -0.3 is 9.64 Å². The van der Waals surface area contributed by atoms with Gasteiger partial charge in [-0.1, -0.05) is 0 Å². The van der Waals surface area contributed by atoms with Crippen LogP contribution in [0.25, 0.3) is 0 Å². The first-order valence-electron chi connectivity index (χ1n) is 7.40. The van der Waals surface area contributed by atoms with Crippen molar-refractivity contribution in [2.24, 2.45) is 0 Å². The SMILES string of the molecule is CO[C@@H]1CCCN(C(=O)CNS(=O)(=O)c2ccc(F)c(C)c2)C1. The molecule has 1 N–H and O–H groups in total. The Labute approximate surface area is 135 Å². The number of nitrogens with zero attached hydrogens (tertiary/aromatic N) is 1. The fourth-order valence-corrected chi connectivity index (χ4v) is 3.55. The predicted octanol–water partition coefficient (Wildman–Crippen LogP) is 1.05. The summed E-state index contributed by atoms with van der Waals surface area (Å²) in [5.41, 5.74) is 0.234. The minimum absolute atomic E-state index is 0.0101. The van der Waals surface area contributed by atoms with Crippen LogP contribution in [-0.4, -0.2) is 52.1 Å². The molecule has 0 radical (unpaired) electrons. The van der Waals surface area contributed by atoms with E-state index in [-0.39, 0.29) is 29.0 Å². The van der Waals surface area contributed by atoms with Gasteiger partial charge in [0.05, 0.1) is 17.5 Å². The molecule has 1 amide bonds. The van der Waals surface area contributed by atoms with Crippen LogP contribution < -0.4 is 4.72 Å². The summed E-state index contributed by atoms with van der Waals surface area (Å²) in [6.07, 6.45) is 1.71. The molecule has 1 saturated heterocycles. The number of benzene rings is 1. The number of halogens is 1. The molecule has 2 rings (SSSR count). The number of carbonyl (C=O) groups is 1. The van der Waals surface area contributed by atoms with Gasteiger partial charge >= 0.3 is 0 Å². The van der Waals surface area contributed by atoms with E-state index >= 15 is 0 Å². The molecule has 1 aliphatic heterocycles. The van der Waals surface area contributed by atoms with Crippen molar-refractivity contribution in [3.63, 3.8) is 0 Å². The molecule has 0 unspecified atom stereocenters. The molecule has 1 aromatic carbocycles. The van der Waals surface area contributed by atoms with E-state index in [4.69, 9.17) is 4.74 Å². The zero-order chi connectivity index (χ0) is 17.0. The second-order valence-corrected chi connectivity index (χ2v) is 7.34. The highest BCUT2D eigenvalue weighted by atomic mass is 32.2. The van der Waals surface area contributed by atoms with Crippen LogP contribution in [0, 0.1) is 12.7 Å². The van der Waals surface area contributed by atoms with Crippen molar-refractivity contribution in [3.05, 3.63) is 29.6 Å². The number of carbonyl (C=O) groups excluding carboxylic acids is 1. The number of nitrogens with one attached hydrogen (secondary N) is 1. The van der Waals surface area contributed by atoms with Gasteiger partial charge in [0.25, 0.3) is 0 Å². The number of sulfonamides is 1. The molecule has 0 spiro atoms. The number of methoxy groups -OCH3 is 1. The lowest BCUT2D eigenvalue weighted by Crippen LogP contribution is -2.47. The van der Waals surface area contributed by atoms with Gasteiger partial charge in [-0.25, -0.2) is 17.5 Å². The van der Waals surface area contributed by atoms with Gasteiger partial charge in [0, 0.05) is 20.2 Å². The lowest BCUT2D eigenvalue weighted by atomic mass is 10.1. The first kappa shape index (κ1) is 17.8. The van der Waals surface area contributed by atoms with Crippen LogP contribution in [0.1, 0.15) is 18.4 Å². The Balaban J connectivity index is 1.98. The molecular weight excluding hydrogens is 323 g/mol. The van der Waals surface area contributed by atoms with Crippen LogP contribution in [0.3, 0.4) is 0 Å². The second kappa shape index (κ2) is 7.37. The monoisotopic (exact) mass is 344 g/mol. The lowest BCUT2D eigenvalue weighted by molar-refractivity contribution is -0.133. The topological polar surface area (TPSA) is 75.7 Å². The number of likely N-dealkylation sites (tertiary alicyclic amines) is 1. The van der Waals surface area contributed by atoms with E-state index in [9.17, 15) is 17.6 Å². The smallest absolute Gasteiger partial charge is 0.241 e. The van der Waals surface area contributed by atoms with Gasteiger partial charge in [-0.15, -0.1) is 0 Å². The summed E-state index contributed by atoms with van der Waals surface area (Å²) in [7, 11) is -2.25. The number of hydrogen-bond donors (Lipinski definition) is 1. The number of rotatable bonds is 5. The summed E-state index contributed by atoms with van der Waals surface area (Å²) in [5, 5.41) is 0. The van der Waals surface area contributed by atoms with Crippen molar-refractivity contribution in [2.75, 3.05) is 26.7 Å². The summed E-state index contributed by atoms with van der Waals surface area (Å²) < 4.78 is 45.1. The standard InChI is InChI=1S/C15H21FN2O4S/c1-11-8-13(5-6-14(11)16)23(20,21)17-9-15(19)18-7-3-4-12(10-18)22-2/h5-6,8,12,17H,3-4,7,9-10H2,1-2H3/t12-/m1/s1. The third kappa shape index (κ3) is 4.49. The van der Waals surface area contributed by atoms with Crippen molar-refractivity contribution >= 4 is 15.9 Å². The Kier molecular flexibility index (Phi) is 5.72. The third-order valence-electron chi connectivity index (χ3n) is 3.92. The van der Waals surface area contributed by atoms with E-state index in [2.05, 4.69) is 4.72 Å². The molecule has 1 atom stereocenters. The molecule has 1 fully saturated rings. The zero-order valence-electron chi connectivity index (χ0n) is 13.2. The van der Waals surface area contributed by atoms with Gasteiger partial charge in [0.2, 0.25) is 15.9 Å². The lowest BCUT2D eigenvalue weighted by Gasteiger charge is -2.32. The Morgan fingerprint density at radius 3 is 2.87 bits per heavy atom. The van der Waals surface area contributed by atoms with Crippen LogP contribution in [0.2, 0.25) is 0 Å². The van der Waals surface area contributed by atoms with Crippen molar-refractivity contribution in [1.82, 2.24) is 9.62 Å². The molecule has 1 aromatic rings. The first-order chi connectivity index (χ1) is 10.8. The highest BCUT2D eigenvalue weighted by Crippen LogP contribution is 2.15. The molecular formula is C15H21FN2O4S. The van der Waals surface area contributed by atoms with E-state index < -0.39 is 15.8 Å². The molecule has 0 saturated carbocycles. The number of aryl methyl sites for hydroxylation is 1. The molecule has 1 heterocycles. The molecule has 23 heavy (non-hydrogen) atoms. The van der Waals surface area contributed by atoms with Crippen molar-refractivity contribution in [1.29, 1.82) is 0 Å². The van der Waals surface area contributed by atoms with E-state index in [1.54, 1.807) is 12.0 Å². The molecule has 0 aromatic heterocycles. The predicted molar refractivity (Wildman–Crippen MR) is 82.9 cm³/mol. The van der Waals surface area contributed by atoms with Crippen molar-refractivity contribution < 1.29 is 22.3 Å². The third-order valence-corrected chi connectivity index (χ3v) is 5.32. The van der Waals surface area contributed by atoms with E-state index in [0.29, 0.717) is 13.1 Å². The van der Waals surface area contributed by atoms with Gasteiger partial charge in [0.15, 0.2) is 0 Å². The van der Waals surface area contributed by atoms with Gasteiger partial charge in [-0.3, -0.25) is 4.79 Å². The minimum atomic E-state index is -3.85. The molecule has 8 heteroatoms. The average molecular weight is 344 g/mol. The highest BCUT2D eigenvalue weighted by molar-refractivity contribution is 7.89. The molecule has 128 valence electrons. The Hall–Kier alpha value is -1.51. The maximum atomic E-state index is 13.2. The number of piperidine rings is 1. The summed E-state index contributed by atoms with van der Waals surface area (Å²) in [6, 6.07) is 3.51. The number of amides is 1. The van der Waals surface area contributed by atoms with Crippen molar-refractivity contribution in [2.45, 2.75) is 30.8 Å². The summed E-state index contributed by atoms with van der Waals surface area (Å²) >= 11 is 0. The highest BCUT2D eigenvalue weighted by Gasteiger charge is 2.24. The normalized spacial score (nSPS) is 18.9. The summed E-state index contributed by atoms with van der Waals surface area (Å²) in [6.45, 7) is 2.22. The summed E-state index contributed by atoms with van der Waals surface area (Å²) in [4.78, 5) is 13.7. The Morgan fingerprint density at radius 2 is 2.22 bits per heavy atom. The molecule has 0 bridgehead atoms. The van der Waals surface area contributed by atoms with Crippen molar-refractivity contribution in [3.8, 4) is 0 Å². The number of hydrogen-bond acceptors (Lipinski definition) is 4. The van der Waals surface area contributed by atoms with E-state index in [0.717, 1.165) is 18.9 Å². The van der Waals surface area contributed by atoms with Gasteiger partial charge in [0.1, 0.15) is 5.82 Å². The quantitative estimate of drug-likeness (QED) is 0.866. The van der Waals surface area contributed by atoms with Crippen LogP contribution in [0.5, 0.6) is 0 Å². The zero-order valence-corrected chi connectivity index (χ0v) is 14.0. The maximum absolute atomic E-state index is 13.2.